The fourth-order valence-corrected chi connectivity index (χ4v) is 2.76. The zero-order valence-electron chi connectivity index (χ0n) is 12.6. The van der Waals surface area contributed by atoms with E-state index in [-0.39, 0.29) is 5.56 Å². The third-order valence-corrected chi connectivity index (χ3v) is 3.85. The van der Waals surface area contributed by atoms with Gasteiger partial charge < -0.3 is 9.15 Å². The van der Waals surface area contributed by atoms with E-state index in [4.69, 9.17) is 20.8 Å². The zero-order valence-corrected chi connectivity index (χ0v) is 13.3. The van der Waals surface area contributed by atoms with E-state index in [0.29, 0.717) is 16.4 Å². The number of hydrogen-bond donors (Lipinski definition) is 0. The maximum absolute atomic E-state index is 12.2. The van der Waals surface area contributed by atoms with Gasteiger partial charge in [0.15, 0.2) is 0 Å². The quantitative estimate of drug-likeness (QED) is 0.400. The molecule has 0 aliphatic rings. The molecule has 3 rings (SSSR count). The van der Waals surface area contributed by atoms with Crippen LogP contribution in [0.1, 0.15) is 21.5 Å². The fraction of sp³-hybridized carbons (Fsp3) is 0.111. The van der Waals surface area contributed by atoms with Crippen LogP contribution in [-0.2, 0) is 0 Å². The van der Waals surface area contributed by atoms with E-state index in [9.17, 15) is 9.59 Å². The molecule has 0 aliphatic heterocycles. The first kappa shape index (κ1) is 15.3. The van der Waals surface area contributed by atoms with Crippen molar-refractivity contribution in [3.8, 4) is 5.75 Å². The first-order chi connectivity index (χ1) is 11.0. The van der Waals surface area contributed by atoms with Gasteiger partial charge in [-0.25, -0.2) is 9.59 Å². The Balaban J connectivity index is 2.03. The number of benzene rings is 2. The van der Waals surface area contributed by atoms with Crippen LogP contribution < -0.4 is 10.4 Å². The molecule has 2 aromatic carbocycles. The van der Waals surface area contributed by atoms with Crippen LogP contribution in [0.5, 0.6) is 5.75 Å². The highest BCUT2D eigenvalue weighted by Gasteiger charge is 2.14. The molecule has 0 atom stereocenters. The lowest BCUT2D eigenvalue weighted by Gasteiger charge is -2.09. The Bertz CT molecular complexity index is 972. The highest BCUT2D eigenvalue weighted by Crippen LogP contribution is 2.27. The monoisotopic (exact) mass is 328 g/mol. The number of hydrogen-bond acceptors (Lipinski definition) is 4. The van der Waals surface area contributed by atoms with Gasteiger partial charge in [0.2, 0.25) is 0 Å². The Kier molecular flexibility index (Phi) is 3.92. The van der Waals surface area contributed by atoms with Crippen molar-refractivity contribution in [2.75, 3.05) is 0 Å². The van der Waals surface area contributed by atoms with Crippen LogP contribution in [0.3, 0.4) is 0 Å². The van der Waals surface area contributed by atoms with E-state index >= 15 is 0 Å². The number of fused-ring (bicyclic) bond motifs is 1. The minimum Gasteiger partial charge on any atom is -0.423 e. The Morgan fingerprint density at radius 2 is 1.78 bits per heavy atom. The second-order valence-electron chi connectivity index (χ2n) is 5.23. The summed E-state index contributed by atoms with van der Waals surface area (Å²) in [7, 11) is 0. The van der Waals surface area contributed by atoms with Gasteiger partial charge in [-0.3, -0.25) is 0 Å². The average molecular weight is 329 g/mol. The average Bonchev–Trinajstić information content (AvgIpc) is 2.46. The number of rotatable bonds is 2. The number of halogens is 1. The van der Waals surface area contributed by atoms with Gasteiger partial charge in [-0.1, -0.05) is 23.7 Å². The highest BCUT2D eigenvalue weighted by atomic mass is 35.5. The highest BCUT2D eigenvalue weighted by molar-refractivity contribution is 6.33. The summed E-state index contributed by atoms with van der Waals surface area (Å²) in [5.74, 6) is -0.266. The van der Waals surface area contributed by atoms with Crippen molar-refractivity contribution in [2.45, 2.75) is 13.8 Å². The second kappa shape index (κ2) is 5.89. The van der Waals surface area contributed by atoms with Crippen molar-refractivity contribution in [3.63, 3.8) is 0 Å². The van der Waals surface area contributed by atoms with Crippen molar-refractivity contribution in [1.29, 1.82) is 0 Å². The Morgan fingerprint density at radius 3 is 2.52 bits per heavy atom. The molecule has 4 nitrogen and oxygen atoms in total. The van der Waals surface area contributed by atoms with E-state index < -0.39 is 11.6 Å². The number of ether oxygens (including phenoxy) is 1. The summed E-state index contributed by atoms with van der Waals surface area (Å²) < 4.78 is 10.6. The largest absolute Gasteiger partial charge is 0.423 e. The molecule has 3 aromatic rings. The van der Waals surface area contributed by atoms with Crippen molar-refractivity contribution in [2.24, 2.45) is 0 Å². The van der Waals surface area contributed by atoms with Gasteiger partial charge in [-0.2, -0.15) is 0 Å². The molecule has 116 valence electrons. The van der Waals surface area contributed by atoms with E-state index in [1.807, 2.05) is 13.8 Å². The third kappa shape index (κ3) is 2.98. The number of aryl methyl sites for hydroxylation is 2. The third-order valence-electron chi connectivity index (χ3n) is 3.52. The van der Waals surface area contributed by atoms with Crippen molar-refractivity contribution >= 4 is 28.5 Å². The molecule has 23 heavy (non-hydrogen) atoms. The molecule has 1 aromatic heterocycles. The van der Waals surface area contributed by atoms with E-state index in [1.54, 1.807) is 30.3 Å². The van der Waals surface area contributed by atoms with Gasteiger partial charge in [0.1, 0.15) is 11.3 Å². The lowest BCUT2D eigenvalue weighted by Crippen LogP contribution is -2.09. The van der Waals surface area contributed by atoms with Gasteiger partial charge in [0, 0.05) is 17.5 Å². The molecule has 0 unspecified atom stereocenters. The van der Waals surface area contributed by atoms with Crippen molar-refractivity contribution < 1.29 is 13.9 Å². The molecule has 1 heterocycles. The van der Waals surface area contributed by atoms with E-state index in [1.165, 1.54) is 12.1 Å². The molecule has 0 spiro atoms. The molecular formula is C18H13ClO4. The van der Waals surface area contributed by atoms with Gasteiger partial charge in [0.25, 0.3) is 0 Å². The summed E-state index contributed by atoms with van der Waals surface area (Å²) in [4.78, 5) is 23.7. The summed E-state index contributed by atoms with van der Waals surface area (Å²) in [5.41, 5.74) is 1.89. The van der Waals surface area contributed by atoms with Crippen LogP contribution in [0.4, 0.5) is 0 Å². The van der Waals surface area contributed by atoms with Crippen LogP contribution >= 0.6 is 11.6 Å². The molecule has 0 saturated heterocycles. The maximum atomic E-state index is 12.2. The molecule has 5 heteroatoms. The molecule has 0 radical (unpaired) electrons. The molecule has 0 aliphatic carbocycles. The summed E-state index contributed by atoms with van der Waals surface area (Å²) in [6.07, 6.45) is 0. The van der Waals surface area contributed by atoms with Gasteiger partial charge in [-0.15, -0.1) is 0 Å². The topological polar surface area (TPSA) is 56.5 Å². The van der Waals surface area contributed by atoms with Crippen molar-refractivity contribution in [1.82, 2.24) is 0 Å². The second-order valence-corrected chi connectivity index (χ2v) is 5.64. The minimum absolute atomic E-state index is 0.276. The first-order valence-electron chi connectivity index (χ1n) is 6.97. The summed E-state index contributed by atoms with van der Waals surface area (Å²) in [5, 5.41) is 1.15. The smallest absolute Gasteiger partial charge is 0.345 e. The molecule has 0 amide bonds. The summed E-state index contributed by atoms with van der Waals surface area (Å²) >= 11 is 5.99. The van der Waals surface area contributed by atoms with Gasteiger partial charge in [0.05, 0.1) is 10.6 Å². The molecular weight excluding hydrogens is 316 g/mol. The Morgan fingerprint density at radius 1 is 1.09 bits per heavy atom. The van der Waals surface area contributed by atoms with Crippen molar-refractivity contribution in [3.05, 3.63) is 74.6 Å². The lowest BCUT2D eigenvalue weighted by molar-refractivity contribution is 0.0735. The normalized spacial score (nSPS) is 10.7. The Hall–Kier alpha value is -2.59. The van der Waals surface area contributed by atoms with Gasteiger partial charge >= 0.3 is 11.6 Å². The molecule has 0 bridgehead atoms. The van der Waals surface area contributed by atoms with E-state index in [2.05, 4.69) is 0 Å². The van der Waals surface area contributed by atoms with Crippen LogP contribution in [0.25, 0.3) is 11.0 Å². The molecule has 0 saturated carbocycles. The van der Waals surface area contributed by atoms with Crippen LogP contribution in [0.2, 0.25) is 5.02 Å². The maximum Gasteiger partial charge on any atom is 0.345 e. The van der Waals surface area contributed by atoms with Gasteiger partial charge in [-0.05, 0) is 43.2 Å². The Labute approximate surface area is 137 Å². The lowest BCUT2D eigenvalue weighted by atomic mass is 10.1. The fourth-order valence-electron chi connectivity index (χ4n) is 2.54. The van der Waals surface area contributed by atoms with Crippen LogP contribution in [0, 0.1) is 13.8 Å². The predicted molar refractivity (Wildman–Crippen MR) is 88.4 cm³/mol. The molecule has 0 fully saturated rings. The summed E-state index contributed by atoms with van der Waals surface area (Å²) in [6.45, 7) is 3.70. The predicted octanol–water partition coefficient (Wildman–Crippen LogP) is 4.28. The standard InChI is InChI=1S/C18H13ClO4/c1-10-7-12(9-15-17(10)11(2)8-16(20)23-15)22-18(21)13-5-3-4-6-14(13)19/h3-9H,1-2H3. The number of carbonyl (C=O) groups excluding carboxylic acids is 1. The molecule has 0 N–H and O–H groups in total. The number of esters is 1. The number of carbonyl (C=O) groups is 1. The first-order valence-corrected chi connectivity index (χ1v) is 7.35. The summed E-state index contributed by atoms with van der Waals surface area (Å²) in [6, 6.07) is 11.3. The SMILES string of the molecule is Cc1cc(OC(=O)c2ccccc2Cl)cc2oc(=O)cc(C)c12. The van der Waals surface area contributed by atoms with Crippen LogP contribution in [0.15, 0.2) is 51.7 Å². The zero-order chi connectivity index (χ0) is 16.6. The van der Waals surface area contributed by atoms with E-state index in [0.717, 1.165) is 16.5 Å². The van der Waals surface area contributed by atoms with Crippen LogP contribution in [-0.4, -0.2) is 5.97 Å². The minimum atomic E-state index is -0.565.